The molecule has 4 aromatic rings. The van der Waals surface area contributed by atoms with Gasteiger partial charge in [0, 0.05) is 37.4 Å². The largest absolute Gasteiger partial charge is 0.434 e. The van der Waals surface area contributed by atoms with Gasteiger partial charge in [-0.2, -0.15) is 18.3 Å². The van der Waals surface area contributed by atoms with E-state index >= 15 is 0 Å². The van der Waals surface area contributed by atoms with Crippen molar-refractivity contribution in [3.05, 3.63) is 59.7 Å². The second kappa shape index (κ2) is 10.1. The van der Waals surface area contributed by atoms with Gasteiger partial charge in [-0.05, 0) is 45.7 Å². The number of hydrogen-bond acceptors (Lipinski definition) is 6. The molecule has 1 aliphatic rings. The van der Waals surface area contributed by atoms with E-state index in [2.05, 4.69) is 15.1 Å². The molecular formula is C28H31F3N8O. The van der Waals surface area contributed by atoms with Crippen LogP contribution in [0, 0.1) is 6.92 Å². The van der Waals surface area contributed by atoms with Gasteiger partial charge in [0.05, 0.1) is 18.9 Å². The van der Waals surface area contributed by atoms with Gasteiger partial charge >= 0.3 is 6.18 Å². The number of fused-ring (bicyclic) bond motifs is 1. The number of aromatic nitrogens is 6. The summed E-state index contributed by atoms with van der Waals surface area (Å²) in [5.74, 6) is 1.32. The van der Waals surface area contributed by atoms with Crippen molar-refractivity contribution >= 4 is 17.4 Å². The molecule has 0 saturated heterocycles. The third-order valence-corrected chi connectivity index (χ3v) is 6.85. The van der Waals surface area contributed by atoms with E-state index in [0.717, 1.165) is 23.0 Å². The molecule has 1 aliphatic heterocycles. The molecule has 0 fully saturated rings. The van der Waals surface area contributed by atoms with Crippen LogP contribution >= 0.6 is 0 Å². The molecule has 0 N–H and O–H groups in total. The van der Waals surface area contributed by atoms with Crippen LogP contribution in [0.2, 0.25) is 0 Å². The lowest BCUT2D eigenvalue weighted by Gasteiger charge is -2.38. The fourth-order valence-electron chi connectivity index (χ4n) is 5.00. The van der Waals surface area contributed by atoms with E-state index in [1.807, 2.05) is 56.3 Å². The average Bonchev–Trinajstić information content (AvgIpc) is 3.47. The third kappa shape index (κ3) is 4.93. The molecule has 0 saturated carbocycles. The number of benzene rings is 1. The van der Waals surface area contributed by atoms with Gasteiger partial charge in [0.15, 0.2) is 17.3 Å². The maximum atomic E-state index is 13.2. The summed E-state index contributed by atoms with van der Waals surface area (Å²) in [5.41, 5.74) is 2.90. The fraction of sp³-hybridized carbons (Fsp3) is 0.393. The van der Waals surface area contributed by atoms with Crippen molar-refractivity contribution in [3.63, 3.8) is 0 Å². The number of anilines is 2. The summed E-state index contributed by atoms with van der Waals surface area (Å²) in [6.45, 7) is 10.4. The van der Waals surface area contributed by atoms with Crippen molar-refractivity contribution in [1.82, 2.24) is 29.3 Å². The number of nitrogens with zero attached hydrogens (tertiary/aromatic N) is 8. The lowest BCUT2D eigenvalue weighted by Crippen LogP contribution is -2.49. The standard InChI is InChI=1S/C28H31F3N8O/c1-16(2)38-21-12-32-25(24-18(5)11-33-39(24)17(3)4)35-27(21)37(15-23(38)40)13-19-7-9-20(10-8-19)26-34-22(14-36(26)6)28(29,30)31/h7-12,14,16-17H,13,15H2,1-6H3. The Morgan fingerprint density at radius 1 is 1.00 bits per heavy atom. The van der Waals surface area contributed by atoms with Gasteiger partial charge in [-0.25, -0.2) is 15.0 Å². The first kappa shape index (κ1) is 27.4. The Morgan fingerprint density at radius 3 is 2.30 bits per heavy atom. The highest BCUT2D eigenvalue weighted by Crippen LogP contribution is 2.36. The van der Waals surface area contributed by atoms with Gasteiger partial charge in [-0.3, -0.25) is 9.48 Å². The molecule has 4 heterocycles. The highest BCUT2D eigenvalue weighted by molar-refractivity contribution is 6.02. The zero-order valence-electron chi connectivity index (χ0n) is 23.2. The number of rotatable bonds is 6. The van der Waals surface area contributed by atoms with E-state index < -0.39 is 11.9 Å². The topological polar surface area (TPSA) is 85.0 Å². The van der Waals surface area contributed by atoms with E-state index in [0.29, 0.717) is 29.4 Å². The first-order chi connectivity index (χ1) is 18.8. The van der Waals surface area contributed by atoms with Crippen LogP contribution in [0.15, 0.2) is 42.9 Å². The molecule has 1 amide bonds. The average molecular weight is 553 g/mol. The second-order valence-electron chi connectivity index (χ2n) is 10.6. The van der Waals surface area contributed by atoms with Crippen molar-refractivity contribution in [2.45, 2.75) is 59.4 Å². The second-order valence-corrected chi connectivity index (χ2v) is 10.6. The summed E-state index contributed by atoms with van der Waals surface area (Å²) in [6.07, 6.45) is -0.0493. The molecule has 12 heteroatoms. The van der Waals surface area contributed by atoms with Crippen molar-refractivity contribution in [3.8, 4) is 22.9 Å². The van der Waals surface area contributed by atoms with Crippen molar-refractivity contribution in [1.29, 1.82) is 0 Å². The van der Waals surface area contributed by atoms with Crippen LogP contribution in [-0.2, 0) is 24.6 Å². The quantitative estimate of drug-likeness (QED) is 0.318. The lowest BCUT2D eigenvalue weighted by molar-refractivity contribution is -0.140. The molecule has 9 nitrogen and oxygen atoms in total. The van der Waals surface area contributed by atoms with Crippen molar-refractivity contribution < 1.29 is 18.0 Å². The van der Waals surface area contributed by atoms with E-state index in [-0.39, 0.29) is 30.4 Å². The molecule has 0 aliphatic carbocycles. The van der Waals surface area contributed by atoms with Crippen LogP contribution in [0.4, 0.5) is 24.7 Å². The molecule has 0 atom stereocenters. The van der Waals surface area contributed by atoms with E-state index in [1.165, 1.54) is 11.6 Å². The van der Waals surface area contributed by atoms with Gasteiger partial charge in [0.25, 0.3) is 0 Å². The monoisotopic (exact) mass is 552 g/mol. The molecule has 0 bridgehead atoms. The first-order valence-electron chi connectivity index (χ1n) is 13.0. The number of hydrogen-bond donors (Lipinski definition) is 0. The number of halogens is 3. The molecule has 1 aromatic carbocycles. The SMILES string of the molecule is Cc1cnn(C(C)C)c1-c1ncc2c(n1)N(Cc1ccc(-c3nc(C(F)(F)F)cn3C)cc1)CC(=O)N2C(C)C. The van der Waals surface area contributed by atoms with Crippen LogP contribution in [0.1, 0.15) is 50.6 Å². The molecule has 210 valence electrons. The normalized spacial score (nSPS) is 14.0. The molecule has 5 rings (SSSR count). The number of imidazole rings is 1. The summed E-state index contributed by atoms with van der Waals surface area (Å²) in [4.78, 5) is 30.2. The number of aryl methyl sites for hydroxylation is 2. The number of alkyl halides is 3. The minimum absolute atomic E-state index is 0.0634. The predicted octanol–water partition coefficient (Wildman–Crippen LogP) is 5.41. The Balaban J connectivity index is 1.50. The Kier molecular flexibility index (Phi) is 6.89. The van der Waals surface area contributed by atoms with E-state index in [9.17, 15) is 18.0 Å². The van der Waals surface area contributed by atoms with Crippen molar-refractivity contribution in [2.24, 2.45) is 7.05 Å². The third-order valence-electron chi connectivity index (χ3n) is 6.85. The van der Waals surface area contributed by atoms with Gasteiger partial charge in [0.1, 0.15) is 17.2 Å². The minimum atomic E-state index is -4.51. The smallest absolute Gasteiger partial charge is 0.341 e. The first-order valence-corrected chi connectivity index (χ1v) is 13.0. The maximum Gasteiger partial charge on any atom is 0.434 e. The Morgan fingerprint density at radius 2 is 1.70 bits per heavy atom. The highest BCUT2D eigenvalue weighted by atomic mass is 19.4. The molecule has 3 aromatic heterocycles. The van der Waals surface area contributed by atoms with Gasteiger partial charge in [-0.15, -0.1) is 0 Å². The van der Waals surface area contributed by atoms with Crippen LogP contribution in [-0.4, -0.2) is 47.8 Å². The lowest BCUT2D eigenvalue weighted by atomic mass is 10.1. The summed E-state index contributed by atoms with van der Waals surface area (Å²) in [6, 6.07) is 7.16. The highest BCUT2D eigenvalue weighted by Gasteiger charge is 2.35. The summed E-state index contributed by atoms with van der Waals surface area (Å²) < 4.78 is 42.6. The predicted molar refractivity (Wildman–Crippen MR) is 146 cm³/mol. The number of amides is 1. The molecule has 0 radical (unpaired) electrons. The molecular weight excluding hydrogens is 521 g/mol. The minimum Gasteiger partial charge on any atom is -0.341 e. The van der Waals surface area contributed by atoms with Crippen LogP contribution in [0.3, 0.4) is 0 Å². The van der Waals surface area contributed by atoms with Gasteiger partial charge < -0.3 is 14.4 Å². The van der Waals surface area contributed by atoms with Crippen LogP contribution < -0.4 is 9.80 Å². The molecule has 40 heavy (non-hydrogen) atoms. The maximum absolute atomic E-state index is 13.2. The summed E-state index contributed by atoms with van der Waals surface area (Å²) >= 11 is 0. The van der Waals surface area contributed by atoms with Gasteiger partial charge in [0.2, 0.25) is 5.91 Å². The van der Waals surface area contributed by atoms with Crippen LogP contribution in [0.25, 0.3) is 22.9 Å². The van der Waals surface area contributed by atoms with Gasteiger partial charge in [-0.1, -0.05) is 24.3 Å². The Bertz CT molecular complexity index is 1550. The van der Waals surface area contributed by atoms with E-state index in [4.69, 9.17) is 4.98 Å². The Hall–Kier alpha value is -4.22. The molecule has 0 unspecified atom stereocenters. The van der Waals surface area contributed by atoms with E-state index in [1.54, 1.807) is 29.4 Å². The fourth-order valence-corrected chi connectivity index (χ4v) is 5.00. The summed E-state index contributed by atoms with van der Waals surface area (Å²) in [5, 5.41) is 4.49. The number of carbonyl (C=O) groups excluding carboxylic acids is 1. The summed E-state index contributed by atoms with van der Waals surface area (Å²) in [7, 11) is 1.53. The van der Waals surface area contributed by atoms with Crippen LogP contribution in [0.5, 0.6) is 0 Å². The van der Waals surface area contributed by atoms with Crippen molar-refractivity contribution in [2.75, 3.05) is 16.3 Å². The zero-order chi connectivity index (χ0) is 28.9. The Labute approximate surface area is 230 Å². The molecule has 0 spiro atoms. The number of carbonyl (C=O) groups is 1. The zero-order valence-corrected chi connectivity index (χ0v) is 23.2.